The van der Waals surface area contributed by atoms with Crippen LogP contribution in [0.1, 0.15) is 11.1 Å². The van der Waals surface area contributed by atoms with Gasteiger partial charge in [-0.25, -0.2) is 9.89 Å². The molecule has 0 bridgehead atoms. The molecule has 0 saturated carbocycles. The maximum atomic E-state index is 13.0. The van der Waals surface area contributed by atoms with Crippen LogP contribution >= 0.6 is 0 Å². The third kappa shape index (κ3) is 3.80. The minimum Gasteiger partial charge on any atom is -0.321 e. The molecule has 3 aromatic rings. The first-order valence-corrected chi connectivity index (χ1v) is 8.83. The molecule has 0 aliphatic carbocycles. The van der Waals surface area contributed by atoms with E-state index in [4.69, 9.17) is 0 Å². The summed E-state index contributed by atoms with van der Waals surface area (Å²) in [7, 11) is 0. The highest BCUT2D eigenvalue weighted by Crippen LogP contribution is 2.22. The highest BCUT2D eigenvalue weighted by atomic mass is 16.2. The molecule has 1 saturated heterocycles. The fourth-order valence-electron chi connectivity index (χ4n) is 2.94. The minimum atomic E-state index is -0.114. The van der Waals surface area contributed by atoms with Crippen molar-refractivity contribution in [2.75, 3.05) is 4.90 Å². The Morgan fingerprint density at radius 3 is 2.07 bits per heavy atom. The number of rotatable bonds is 4. The second kappa shape index (κ2) is 7.70. The number of nitrogens with one attached hydrogen (secondary N) is 1. The second-order valence-corrected chi connectivity index (χ2v) is 6.20. The van der Waals surface area contributed by atoms with Crippen molar-refractivity contribution in [2.45, 2.75) is 6.54 Å². The van der Waals surface area contributed by atoms with Crippen molar-refractivity contribution in [1.29, 1.82) is 0 Å². The Bertz CT molecular complexity index is 980. The third-order valence-corrected chi connectivity index (χ3v) is 4.27. The smallest absolute Gasteiger partial charge is 0.281 e. The normalized spacial score (nSPS) is 16.7. The Balaban J connectivity index is 1.69. The lowest BCUT2D eigenvalue weighted by Crippen LogP contribution is -2.32. The zero-order chi connectivity index (χ0) is 18.5. The molecule has 4 rings (SSSR count). The Hall–Kier alpha value is -3.66. The van der Waals surface area contributed by atoms with Crippen molar-refractivity contribution in [3.05, 3.63) is 108 Å². The summed E-state index contributed by atoms with van der Waals surface area (Å²) in [5.74, 6) is 0.425. The molecule has 0 aromatic heterocycles. The van der Waals surface area contributed by atoms with E-state index in [1.807, 2.05) is 97.1 Å². The topological polar surface area (TPSA) is 44.7 Å². The quantitative estimate of drug-likeness (QED) is 0.714. The number of carbonyl (C=O) groups is 1. The van der Waals surface area contributed by atoms with E-state index in [0.29, 0.717) is 18.2 Å². The van der Waals surface area contributed by atoms with Crippen LogP contribution in [0.3, 0.4) is 0 Å². The van der Waals surface area contributed by atoms with E-state index < -0.39 is 0 Å². The van der Waals surface area contributed by atoms with Crippen molar-refractivity contribution in [2.24, 2.45) is 4.99 Å². The highest BCUT2D eigenvalue weighted by molar-refractivity contribution is 6.29. The first-order chi connectivity index (χ1) is 13.3. The van der Waals surface area contributed by atoms with Gasteiger partial charge < -0.3 is 5.32 Å². The van der Waals surface area contributed by atoms with Crippen molar-refractivity contribution < 1.29 is 4.79 Å². The molecule has 0 radical (unpaired) electrons. The summed E-state index contributed by atoms with van der Waals surface area (Å²) in [5.41, 5.74) is 3.36. The van der Waals surface area contributed by atoms with Gasteiger partial charge in [0, 0.05) is 0 Å². The lowest BCUT2D eigenvalue weighted by molar-refractivity contribution is -0.113. The largest absolute Gasteiger partial charge is 0.321 e. The molecular weight excluding hydrogens is 334 g/mol. The summed E-state index contributed by atoms with van der Waals surface area (Å²) in [6.45, 7) is 0.498. The molecule has 3 aromatic carbocycles. The van der Waals surface area contributed by atoms with Crippen molar-refractivity contribution in [3.8, 4) is 0 Å². The molecule has 0 unspecified atom stereocenters. The van der Waals surface area contributed by atoms with Crippen LogP contribution in [0.15, 0.2) is 102 Å². The Kier molecular flexibility index (Phi) is 4.79. The van der Waals surface area contributed by atoms with Gasteiger partial charge in [-0.05, 0) is 29.3 Å². The molecule has 1 N–H and O–H groups in total. The number of aliphatic imine (C=N–C) groups is 1. The van der Waals surface area contributed by atoms with Gasteiger partial charge in [-0.1, -0.05) is 78.9 Å². The molecule has 0 spiro atoms. The standard InChI is InChI=1S/C23H19N3O/c27-22-21(16-18-10-4-1-5-11-18)25-23(24-17-19-12-6-2-7-13-19)26(22)20-14-8-3-9-15-20/h1-16H,17H2,(H,24,25). The van der Waals surface area contributed by atoms with Crippen LogP contribution in [0.5, 0.6) is 0 Å². The molecule has 4 nitrogen and oxygen atoms in total. The monoisotopic (exact) mass is 353 g/mol. The van der Waals surface area contributed by atoms with Crippen LogP contribution in [0, 0.1) is 0 Å². The maximum Gasteiger partial charge on any atom is 0.281 e. The van der Waals surface area contributed by atoms with E-state index in [0.717, 1.165) is 16.8 Å². The summed E-state index contributed by atoms with van der Waals surface area (Å²) < 4.78 is 0. The van der Waals surface area contributed by atoms with Crippen LogP contribution < -0.4 is 10.2 Å². The molecule has 1 aliphatic rings. The molecule has 1 heterocycles. The summed E-state index contributed by atoms with van der Waals surface area (Å²) in [6, 6.07) is 29.3. The fraction of sp³-hybridized carbons (Fsp3) is 0.0435. The van der Waals surface area contributed by atoms with Gasteiger partial charge in [0.15, 0.2) is 0 Å². The number of amides is 1. The van der Waals surface area contributed by atoms with E-state index in [2.05, 4.69) is 10.3 Å². The van der Waals surface area contributed by atoms with Crippen LogP contribution in [0.25, 0.3) is 6.08 Å². The highest BCUT2D eigenvalue weighted by Gasteiger charge is 2.33. The molecule has 1 amide bonds. The van der Waals surface area contributed by atoms with E-state index in [-0.39, 0.29) is 5.91 Å². The molecule has 27 heavy (non-hydrogen) atoms. The number of benzene rings is 3. The van der Waals surface area contributed by atoms with Crippen LogP contribution in [0.4, 0.5) is 5.69 Å². The van der Waals surface area contributed by atoms with Gasteiger partial charge in [-0.15, -0.1) is 0 Å². The third-order valence-electron chi connectivity index (χ3n) is 4.27. The second-order valence-electron chi connectivity index (χ2n) is 6.20. The van der Waals surface area contributed by atoms with Gasteiger partial charge in [0.25, 0.3) is 5.91 Å². The number of guanidine groups is 1. The summed E-state index contributed by atoms with van der Waals surface area (Å²) in [4.78, 5) is 19.3. The number of hydrogen-bond acceptors (Lipinski definition) is 2. The molecule has 1 aliphatic heterocycles. The van der Waals surface area contributed by atoms with Gasteiger partial charge >= 0.3 is 0 Å². The Morgan fingerprint density at radius 2 is 1.41 bits per heavy atom. The van der Waals surface area contributed by atoms with Crippen molar-refractivity contribution in [1.82, 2.24) is 5.32 Å². The number of carbonyl (C=O) groups excluding carboxylic acids is 1. The number of nitrogens with zero attached hydrogens (tertiary/aromatic N) is 2. The van der Waals surface area contributed by atoms with E-state index in [1.165, 1.54) is 0 Å². The van der Waals surface area contributed by atoms with Gasteiger partial charge in [0.2, 0.25) is 5.96 Å². The SMILES string of the molecule is O=C1C(=Cc2ccccc2)NC(=NCc2ccccc2)N1c1ccccc1. The maximum absolute atomic E-state index is 13.0. The molecule has 132 valence electrons. The Labute approximate surface area is 158 Å². The number of anilines is 1. The molecule has 0 atom stereocenters. The lowest BCUT2D eigenvalue weighted by Gasteiger charge is -2.15. The first-order valence-electron chi connectivity index (χ1n) is 8.83. The predicted molar refractivity (Wildman–Crippen MR) is 109 cm³/mol. The average molecular weight is 353 g/mol. The molecular formula is C23H19N3O. The van der Waals surface area contributed by atoms with Crippen molar-refractivity contribution >= 4 is 23.6 Å². The zero-order valence-electron chi connectivity index (χ0n) is 14.7. The van der Waals surface area contributed by atoms with Crippen molar-refractivity contribution in [3.63, 3.8) is 0 Å². The average Bonchev–Trinajstić information content (AvgIpc) is 3.04. The van der Waals surface area contributed by atoms with E-state index in [1.54, 1.807) is 4.90 Å². The van der Waals surface area contributed by atoms with Gasteiger partial charge in [-0.3, -0.25) is 4.79 Å². The van der Waals surface area contributed by atoms with Gasteiger partial charge in [0.1, 0.15) is 5.70 Å². The molecule has 4 heteroatoms. The molecule has 1 fully saturated rings. The first kappa shape index (κ1) is 16.8. The Morgan fingerprint density at radius 1 is 0.815 bits per heavy atom. The van der Waals surface area contributed by atoms with Gasteiger partial charge in [-0.2, -0.15) is 0 Å². The minimum absolute atomic E-state index is 0.114. The predicted octanol–water partition coefficient (Wildman–Crippen LogP) is 4.22. The zero-order valence-corrected chi connectivity index (χ0v) is 14.7. The summed E-state index contributed by atoms with van der Waals surface area (Å²) in [6.07, 6.45) is 1.85. The van der Waals surface area contributed by atoms with E-state index in [9.17, 15) is 4.79 Å². The number of hydrogen-bond donors (Lipinski definition) is 1. The van der Waals surface area contributed by atoms with Crippen LogP contribution in [-0.2, 0) is 11.3 Å². The van der Waals surface area contributed by atoms with Gasteiger partial charge in [0.05, 0.1) is 12.2 Å². The van der Waals surface area contributed by atoms with Crippen LogP contribution in [0.2, 0.25) is 0 Å². The van der Waals surface area contributed by atoms with E-state index >= 15 is 0 Å². The summed E-state index contributed by atoms with van der Waals surface area (Å²) >= 11 is 0. The fourth-order valence-corrected chi connectivity index (χ4v) is 2.94. The lowest BCUT2D eigenvalue weighted by atomic mass is 10.2. The summed E-state index contributed by atoms with van der Waals surface area (Å²) in [5, 5.41) is 3.20. The number of para-hydroxylation sites is 1. The van der Waals surface area contributed by atoms with Crippen LogP contribution in [-0.4, -0.2) is 11.9 Å².